The van der Waals surface area contributed by atoms with Crippen molar-refractivity contribution >= 4 is 33.6 Å². The van der Waals surface area contributed by atoms with Gasteiger partial charge in [-0.1, -0.05) is 13.8 Å². The summed E-state index contributed by atoms with van der Waals surface area (Å²) in [7, 11) is 0. The maximum Gasteiger partial charge on any atom is 0.326 e. The number of benzene rings is 1. The summed E-state index contributed by atoms with van der Waals surface area (Å²) in [5.41, 5.74) is 0.905. The van der Waals surface area contributed by atoms with Gasteiger partial charge in [0.15, 0.2) is 0 Å². The molecule has 6 nitrogen and oxygen atoms in total. The summed E-state index contributed by atoms with van der Waals surface area (Å²) in [5, 5.41) is 22.7. The highest BCUT2D eigenvalue weighted by molar-refractivity contribution is 9.10. The van der Waals surface area contributed by atoms with E-state index in [9.17, 15) is 9.59 Å². The number of carboxylic acids is 1. The molecule has 0 spiro atoms. The van der Waals surface area contributed by atoms with E-state index in [2.05, 4.69) is 26.6 Å². The molecule has 0 bridgehead atoms. The lowest BCUT2D eigenvalue weighted by atomic mass is 10.1. The minimum atomic E-state index is -1.09. The molecule has 0 radical (unpaired) electrons. The molecular formula is C13H14BrN3O3. The second-order valence-electron chi connectivity index (χ2n) is 4.46. The first-order valence-corrected chi connectivity index (χ1v) is 6.64. The Morgan fingerprint density at radius 3 is 2.50 bits per heavy atom. The average Bonchev–Trinajstić information content (AvgIpc) is 2.37. The van der Waals surface area contributed by atoms with Gasteiger partial charge in [-0.05, 0) is 40.0 Å². The SMILES string of the molecule is CC(C)[C@@H](NC(=O)Nc1ccc(C#N)cc1Br)C(=O)O. The van der Waals surface area contributed by atoms with Crippen LogP contribution in [-0.4, -0.2) is 23.1 Å². The van der Waals surface area contributed by atoms with E-state index >= 15 is 0 Å². The normalized spacial score (nSPS) is 11.6. The minimum absolute atomic E-state index is 0.234. The van der Waals surface area contributed by atoms with E-state index in [1.165, 1.54) is 0 Å². The lowest BCUT2D eigenvalue weighted by Crippen LogP contribution is -2.46. The molecule has 0 heterocycles. The number of nitriles is 1. The van der Waals surface area contributed by atoms with Crippen molar-refractivity contribution in [2.24, 2.45) is 5.92 Å². The maximum atomic E-state index is 11.8. The van der Waals surface area contributed by atoms with E-state index < -0.39 is 18.0 Å². The predicted molar refractivity (Wildman–Crippen MR) is 77.3 cm³/mol. The largest absolute Gasteiger partial charge is 0.480 e. The number of amides is 2. The highest BCUT2D eigenvalue weighted by atomic mass is 79.9. The first kappa shape index (κ1) is 16.0. The summed E-state index contributed by atoms with van der Waals surface area (Å²) in [6.07, 6.45) is 0. The highest BCUT2D eigenvalue weighted by Gasteiger charge is 2.23. The number of carbonyl (C=O) groups excluding carboxylic acids is 1. The Morgan fingerprint density at radius 1 is 1.40 bits per heavy atom. The van der Waals surface area contributed by atoms with Gasteiger partial charge in [0, 0.05) is 4.47 Å². The van der Waals surface area contributed by atoms with E-state index in [-0.39, 0.29) is 5.92 Å². The monoisotopic (exact) mass is 339 g/mol. The Bertz CT molecular complexity index is 566. The van der Waals surface area contributed by atoms with Crippen LogP contribution in [0, 0.1) is 17.2 Å². The molecule has 20 heavy (non-hydrogen) atoms. The van der Waals surface area contributed by atoms with Gasteiger partial charge in [0.25, 0.3) is 0 Å². The highest BCUT2D eigenvalue weighted by Crippen LogP contribution is 2.23. The molecule has 0 unspecified atom stereocenters. The fourth-order valence-corrected chi connectivity index (χ4v) is 1.98. The summed E-state index contributed by atoms with van der Waals surface area (Å²) in [4.78, 5) is 22.8. The Hall–Kier alpha value is -2.07. The van der Waals surface area contributed by atoms with E-state index in [4.69, 9.17) is 10.4 Å². The smallest absolute Gasteiger partial charge is 0.326 e. The first-order valence-electron chi connectivity index (χ1n) is 5.85. The van der Waals surface area contributed by atoms with Crippen LogP contribution in [0.3, 0.4) is 0 Å². The van der Waals surface area contributed by atoms with Gasteiger partial charge >= 0.3 is 12.0 Å². The molecule has 106 valence electrons. The Morgan fingerprint density at radius 2 is 2.05 bits per heavy atom. The van der Waals surface area contributed by atoms with Crippen LogP contribution in [0.5, 0.6) is 0 Å². The fraction of sp³-hybridized carbons (Fsp3) is 0.308. The maximum absolute atomic E-state index is 11.8. The van der Waals surface area contributed by atoms with E-state index in [0.29, 0.717) is 15.7 Å². The van der Waals surface area contributed by atoms with Crippen molar-refractivity contribution in [1.82, 2.24) is 5.32 Å². The summed E-state index contributed by atoms with van der Waals surface area (Å²) >= 11 is 3.23. The fourth-order valence-electron chi connectivity index (χ4n) is 1.50. The van der Waals surface area contributed by atoms with Gasteiger partial charge in [-0.15, -0.1) is 0 Å². The van der Waals surface area contributed by atoms with Crippen LogP contribution in [0.25, 0.3) is 0 Å². The number of anilines is 1. The summed E-state index contributed by atoms with van der Waals surface area (Å²) in [6.45, 7) is 3.41. The number of halogens is 1. The van der Waals surface area contributed by atoms with Gasteiger partial charge in [0.05, 0.1) is 17.3 Å². The van der Waals surface area contributed by atoms with Gasteiger partial charge in [-0.25, -0.2) is 9.59 Å². The lowest BCUT2D eigenvalue weighted by Gasteiger charge is -2.18. The number of aliphatic carboxylic acids is 1. The van der Waals surface area contributed by atoms with Crippen LogP contribution in [0.2, 0.25) is 0 Å². The molecule has 0 aliphatic rings. The molecule has 2 amide bonds. The van der Waals surface area contributed by atoms with Crippen molar-refractivity contribution in [3.05, 3.63) is 28.2 Å². The van der Waals surface area contributed by atoms with Gasteiger partial charge in [0.1, 0.15) is 6.04 Å². The molecule has 0 aromatic heterocycles. The van der Waals surface area contributed by atoms with Crippen molar-refractivity contribution < 1.29 is 14.7 Å². The Labute approximate surface area is 124 Å². The average molecular weight is 340 g/mol. The number of carbonyl (C=O) groups is 2. The third-order valence-corrected chi connectivity index (χ3v) is 3.22. The number of nitrogens with one attached hydrogen (secondary N) is 2. The van der Waals surface area contributed by atoms with E-state index in [1.54, 1.807) is 32.0 Å². The Kier molecular flexibility index (Phi) is 5.53. The van der Waals surface area contributed by atoms with Crippen LogP contribution < -0.4 is 10.6 Å². The van der Waals surface area contributed by atoms with Crippen molar-refractivity contribution in [1.29, 1.82) is 5.26 Å². The lowest BCUT2D eigenvalue weighted by molar-refractivity contribution is -0.140. The number of rotatable bonds is 4. The molecule has 0 fully saturated rings. The Balaban J connectivity index is 2.76. The predicted octanol–water partition coefficient (Wildman–Crippen LogP) is 2.55. The second-order valence-corrected chi connectivity index (χ2v) is 5.32. The summed E-state index contributed by atoms with van der Waals surface area (Å²) in [5.74, 6) is -1.32. The van der Waals surface area contributed by atoms with Crippen LogP contribution in [0.15, 0.2) is 22.7 Å². The number of hydrogen-bond donors (Lipinski definition) is 3. The third kappa shape index (κ3) is 4.24. The quantitative estimate of drug-likeness (QED) is 0.784. The third-order valence-electron chi connectivity index (χ3n) is 2.57. The number of hydrogen-bond acceptors (Lipinski definition) is 3. The molecule has 0 saturated heterocycles. The molecule has 1 aromatic rings. The standard InChI is InChI=1S/C13H14BrN3O3/c1-7(2)11(12(18)19)17-13(20)16-10-4-3-8(6-15)5-9(10)14/h3-5,7,11H,1-2H3,(H,18,19)(H2,16,17,20)/t11-/m1/s1. The summed E-state index contributed by atoms with van der Waals surface area (Å²) < 4.78 is 0.545. The van der Waals surface area contributed by atoms with Gasteiger partial charge in [-0.2, -0.15) is 5.26 Å². The van der Waals surface area contributed by atoms with Gasteiger partial charge in [0.2, 0.25) is 0 Å². The topological polar surface area (TPSA) is 102 Å². The first-order chi connectivity index (χ1) is 9.35. The zero-order valence-corrected chi connectivity index (χ0v) is 12.6. The molecule has 0 aliphatic heterocycles. The number of nitrogens with zero attached hydrogens (tertiary/aromatic N) is 1. The zero-order valence-electron chi connectivity index (χ0n) is 11.0. The molecule has 3 N–H and O–H groups in total. The second kappa shape index (κ2) is 6.91. The van der Waals surface area contributed by atoms with Crippen molar-refractivity contribution in [2.45, 2.75) is 19.9 Å². The zero-order chi connectivity index (χ0) is 15.3. The molecule has 7 heteroatoms. The summed E-state index contributed by atoms with van der Waals surface area (Å²) in [6, 6.07) is 5.07. The van der Waals surface area contributed by atoms with Crippen molar-refractivity contribution in [3.8, 4) is 6.07 Å². The van der Waals surface area contributed by atoms with Gasteiger partial charge < -0.3 is 15.7 Å². The van der Waals surface area contributed by atoms with E-state index in [1.807, 2.05) is 6.07 Å². The molecule has 1 aromatic carbocycles. The number of carboxylic acid groups (broad SMARTS) is 1. The van der Waals surface area contributed by atoms with E-state index in [0.717, 1.165) is 0 Å². The molecule has 0 saturated carbocycles. The van der Waals surface area contributed by atoms with Crippen LogP contribution in [0.1, 0.15) is 19.4 Å². The molecule has 1 rings (SSSR count). The van der Waals surface area contributed by atoms with Gasteiger partial charge in [-0.3, -0.25) is 0 Å². The molecular weight excluding hydrogens is 326 g/mol. The molecule has 0 aliphatic carbocycles. The minimum Gasteiger partial charge on any atom is -0.480 e. The van der Waals surface area contributed by atoms with Crippen LogP contribution >= 0.6 is 15.9 Å². The van der Waals surface area contributed by atoms with Crippen molar-refractivity contribution in [2.75, 3.05) is 5.32 Å². The molecule has 1 atom stereocenters. The van der Waals surface area contributed by atoms with Crippen LogP contribution in [-0.2, 0) is 4.79 Å². The van der Waals surface area contributed by atoms with Crippen molar-refractivity contribution in [3.63, 3.8) is 0 Å². The van der Waals surface area contributed by atoms with Crippen LogP contribution in [0.4, 0.5) is 10.5 Å². The number of urea groups is 1.